The molecule has 0 spiro atoms. The van der Waals surface area contributed by atoms with Gasteiger partial charge in [-0.25, -0.2) is 0 Å². The zero-order valence-electron chi connectivity index (χ0n) is 17.4. The summed E-state index contributed by atoms with van der Waals surface area (Å²) in [4.78, 5) is 36.9. The van der Waals surface area contributed by atoms with Crippen LogP contribution >= 0.6 is 0 Å². The molecule has 1 amide bonds. The van der Waals surface area contributed by atoms with Gasteiger partial charge >= 0.3 is 0 Å². The molecule has 0 saturated heterocycles. The molecular formula is C22H20N4O6. The number of amides is 1. The number of anilines is 1. The molecule has 0 fully saturated rings. The van der Waals surface area contributed by atoms with E-state index in [-0.39, 0.29) is 22.2 Å². The molecule has 10 heteroatoms. The van der Waals surface area contributed by atoms with Crippen LogP contribution in [0.5, 0.6) is 11.5 Å². The Bertz CT molecular complexity index is 1400. The van der Waals surface area contributed by atoms with Crippen LogP contribution in [0, 0.1) is 0 Å². The van der Waals surface area contributed by atoms with Crippen molar-refractivity contribution in [2.24, 2.45) is 0 Å². The summed E-state index contributed by atoms with van der Waals surface area (Å²) in [5.41, 5.74) is -0.167. The lowest BCUT2D eigenvalue weighted by atomic mass is 10.1. The predicted molar refractivity (Wildman–Crippen MR) is 117 cm³/mol. The average molecular weight is 436 g/mol. The summed E-state index contributed by atoms with van der Waals surface area (Å²) in [6.07, 6.45) is 0. The van der Waals surface area contributed by atoms with Gasteiger partial charge < -0.3 is 19.3 Å². The monoisotopic (exact) mass is 436 g/mol. The number of aromatic nitrogens is 3. The van der Waals surface area contributed by atoms with Crippen LogP contribution in [0.15, 0.2) is 56.6 Å². The van der Waals surface area contributed by atoms with Crippen molar-refractivity contribution in [3.05, 3.63) is 68.9 Å². The lowest BCUT2D eigenvalue weighted by molar-refractivity contribution is 0.101. The fraction of sp³-hybridized carbons (Fsp3) is 0.182. The van der Waals surface area contributed by atoms with Gasteiger partial charge in [0.2, 0.25) is 0 Å². The first-order valence-electron chi connectivity index (χ1n) is 9.93. The molecule has 2 heterocycles. The third kappa shape index (κ3) is 3.97. The van der Waals surface area contributed by atoms with Gasteiger partial charge in [-0.05, 0) is 44.2 Å². The second-order valence-electron chi connectivity index (χ2n) is 6.69. The molecule has 4 rings (SSSR count). The van der Waals surface area contributed by atoms with Crippen molar-refractivity contribution in [3.63, 3.8) is 0 Å². The van der Waals surface area contributed by atoms with Gasteiger partial charge in [0.15, 0.2) is 23.0 Å². The number of fused-ring (bicyclic) bond motifs is 1. The fourth-order valence-electron chi connectivity index (χ4n) is 3.24. The Morgan fingerprint density at radius 3 is 2.53 bits per heavy atom. The number of rotatable bonds is 7. The second kappa shape index (κ2) is 8.80. The normalized spacial score (nSPS) is 10.8. The number of carbonyl (C=O) groups is 1. The maximum absolute atomic E-state index is 12.7. The van der Waals surface area contributed by atoms with Gasteiger partial charge in [0.25, 0.3) is 17.0 Å². The number of nitrogens with one attached hydrogen (secondary N) is 3. The maximum atomic E-state index is 12.7. The molecule has 0 atom stereocenters. The van der Waals surface area contributed by atoms with Crippen LogP contribution in [-0.4, -0.2) is 34.5 Å². The van der Waals surface area contributed by atoms with E-state index < -0.39 is 17.0 Å². The van der Waals surface area contributed by atoms with E-state index >= 15 is 0 Å². The Labute approximate surface area is 181 Å². The van der Waals surface area contributed by atoms with Crippen molar-refractivity contribution < 1.29 is 18.8 Å². The van der Waals surface area contributed by atoms with Crippen molar-refractivity contribution in [3.8, 4) is 22.8 Å². The van der Waals surface area contributed by atoms with E-state index in [2.05, 4.69) is 20.7 Å². The summed E-state index contributed by atoms with van der Waals surface area (Å²) < 4.78 is 16.5. The third-order valence-corrected chi connectivity index (χ3v) is 4.64. The molecule has 0 aliphatic carbocycles. The van der Waals surface area contributed by atoms with E-state index in [1.807, 2.05) is 13.8 Å². The van der Waals surface area contributed by atoms with E-state index in [0.717, 1.165) is 0 Å². The number of carbonyl (C=O) groups excluding carboxylic acids is 1. The Hall–Kier alpha value is -4.34. The largest absolute Gasteiger partial charge is 0.490 e. The highest BCUT2D eigenvalue weighted by Crippen LogP contribution is 2.33. The van der Waals surface area contributed by atoms with Gasteiger partial charge in [-0.3, -0.25) is 24.6 Å². The predicted octanol–water partition coefficient (Wildman–Crippen LogP) is 2.92. The molecule has 2 aromatic carbocycles. The Morgan fingerprint density at radius 1 is 1.00 bits per heavy atom. The van der Waals surface area contributed by atoms with Crippen LogP contribution in [0.4, 0.5) is 5.69 Å². The molecule has 0 aliphatic rings. The first-order valence-corrected chi connectivity index (χ1v) is 9.93. The van der Waals surface area contributed by atoms with E-state index in [0.29, 0.717) is 36.0 Å². The smallest absolute Gasteiger partial charge is 0.277 e. The van der Waals surface area contributed by atoms with Crippen LogP contribution in [0.25, 0.3) is 22.1 Å². The lowest BCUT2D eigenvalue weighted by Gasteiger charge is -2.11. The minimum atomic E-state index is -0.594. The number of aromatic amines is 2. The maximum Gasteiger partial charge on any atom is 0.277 e. The zero-order valence-corrected chi connectivity index (χ0v) is 17.4. The molecule has 0 saturated carbocycles. The number of ether oxygens (including phenoxy) is 2. The Morgan fingerprint density at radius 2 is 1.75 bits per heavy atom. The van der Waals surface area contributed by atoms with Crippen molar-refractivity contribution in [1.29, 1.82) is 0 Å². The molecule has 32 heavy (non-hydrogen) atoms. The first-order chi connectivity index (χ1) is 15.5. The second-order valence-corrected chi connectivity index (χ2v) is 6.69. The minimum absolute atomic E-state index is 0.00474. The fourth-order valence-corrected chi connectivity index (χ4v) is 3.24. The van der Waals surface area contributed by atoms with Gasteiger partial charge in [-0.2, -0.15) is 0 Å². The molecule has 10 nitrogen and oxygen atoms in total. The van der Waals surface area contributed by atoms with Gasteiger partial charge in [-0.1, -0.05) is 11.2 Å². The summed E-state index contributed by atoms with van der Waals surface area (Å²) in [7, 11) is 0. The Kier molecular flexibility index (Phi) is 5.75. The molecule has 0 unspecified atom stereocenters. The highest BCUT2D eigenvalue weighted by Gasteiger charge is 2.18. The number of H-pyrrole nitrogens is 2. The Balaban J connectivity index is 1.62. The van der Waals surface area contributed by atoms with Crippen LogP contribution in [-0.2, 0) is 0 Å². The van der Waals surface area contributed by atoms with E-state index in [4.69, 9.17) is 14.0 Å². The van der Waals surface area contributed by atoms with Crippen LogP contribution in [0.3, 0.4) is 0 Å². The standard InChI is InChI=1S/C22H20N4O6/c1-3-30-16-9-8-12(10-18(16)31-4-2)17-11-15(26-32-17)21(28)23-14-7-5-6-13-19(14)22(29)25-24-20(13)27/h5-11H,3-4H2,1-2H3,(H,23,28)(H,24,27)(H,25,29). The highest BCUT2D eigenvalue weighted by molar-refractivity contribution is 6.08. The molecule has 2 aromatic heterocycles. The van der Waals surface area contributed by atoms with Crippen molar-refractivity contribution >= 4 is 22.4 Å². The SMILES string of the molecule is CCOc1ccc(-c2cc(C(=O)Nc3cccc4c(=O)[nH][nH]c(=O)c34)no2)cc1OCC. The summed E-state index contributed by atoms with van der Waals surface area (Å²) in [5.74, 6) is 0.913. The number of nitrogens with zero attached hydrogens (tertiary/aromatic N) is 1. The van der Waals surface area contributed by atoms with Crippen molar-refractivity contribution in [2.45, 2.75) is 13.8 Å². The zero-order chi connectivity index (χ0) is 22.7. The van der Waals surface area contributed by atoms with E-state index in [1.165, 1.54) is 18.2 Å². The van der Waals surface area contributed by atoms with Gasteiger partial charge in [-0.15, -0.1) is 0 Å². The molecule has 0 aliphatic heterocycles. The molecule has 3 N–H and O–H groups in total. The summed E-state index contributed by atoms with van der Waals surface area (Å²) in [6.45, 7) is 4.70. The highest BCUT2D eigenvalue weighted by atomic mass is 16.5. The number of hydrogen-bond donors (Lipinski definition) is 3. The number of hydrogen-bond acceptors (Lipinski definition) is 7. The molecule has 164 valence electrons. The summed E-state index contributed by atoms with van der Waals surface area (Å²) in [6, 6.07) is 11.3. The van der Waals surface area contributed by atoms with Gasteiger partial charge in [0, 0.05) is 11.6 Å². The molecule has 0 radical (unpaired) electrons. The average Bonchev–Trinajstić information content (AvgIpc) is 3.28. The quantitative estimate of drug-likeness (QED) is 0.405. The molecular weight excluding hydrogens is 416 g/mol. The van der Waals surface area contributed by atoms with Crippen LogP contribution < -0.4 is 25.9 Å². The van der Waals surface area contributed by atoms with Crippen molar-refractivity contribution in [1.82, 2.24) is 15.4 Å². The minimum Gasteiger partial charge on any atom is -0.490 e. The van der Waals surface area contributed by atoms with Crippen LogP contribution in [0.1, 0.15) is 24.3 Å². The van der Waals surface area contributed by atoms with Crippen LogP contribution in [0.2, 0.25) is 0 Å². The first kappa shape index (κ1) is 20.9. The lowest BCUT2D eigenvalue weighted by Crippen LogP contribution is -2.21. The topological polar surface area (TPSA) is 139 Å². The van der Waals surface area contributed by atoms with Gasteiger partial charge in [0.1, 0.15) is 0 Å². The summed E-state index contributed by atoms with van der Waals surface area (Å²) in [5, 5.41) is 11.2. The molecule has 0 bridgehead atoms. The summed E-state index contributed by atoms with van der Waals surface area (Å²) >= 11 is 0. The van der Waals surface area contributed by atoms with Gasteiger partial charge in [0.05, 0.1) is 29.7 Å². The van der Waals surface area contributed by atoms with E-state index in [9.17, 15) is 14.4 Å². The van der Waals surface area contributed by atoms with E-state index in [1.54, 1.807) is 24.3 Å². The third-order valence-electron chi connectivity index (χ3n) is 4.64. The molecule has 4 aromatic rings. The number of benzene rings is 2. The van der Waals surface area contributed by atoms with Crippen molar-refractivity contribution in [2.75, 3.05) is 18.5 Å².